The van der Waals surface area contributed by atoms with Crippen LogP contribution in [0.1, 0.15) is 31.4 Å². The zero-order valence-electron chi connectivity index (χ0n) is 16.2. The van der Waals surface area contributed by atoms with Gasteiger partial charge >= 0.3 is 6.03 Å². The minimum atomic E-state index is -0.0327. The van der Waals surface area contributed by atoms with E-state index in [2.05, 4.69) is 17.3 Å². The maximum Gasteiger partial charge on any atom is 0.317 e. The molecule has 1 fully saturated rings. The van der Waals surface area contributed by atoms with Gasteiger partial charge in [-0.05, 0) is 43.0 Å². The highest BCUT2D eigenvalue weighted by atomic mass is 16.5. The van der Waals surface area contributed by atoms with E-state index in [1.807, 2.05) is 40.0 Å². The first-order valence-corrected chi connectivity index (χ1v) is 9.36. The fraction of sp³-hybridized carbons (Fsp3) is 0.500. The van der Waals surface area contributed by atoms with Crippen LogP contribution >= 0.6 is 0 Å². The van der Waals surface area contributed by atoms with Crippen LogP contribution < -0.4 is 14.8 Å². The summed E-state index contributed by atoms with van der Waals surface area (Å²) in [5, 5.41) is 7.29. The van der Waals surface area contributed by atoms with Crippen LogP contribution in [-0.2, 0) is 6.54 Å². The third kappa shape index (κ3) is 4.53. The molecule has 0 bridgehead atoms. The molecule has 1 aliphatic rings. The Balaban J connectivity index is 1.64. The summed E-state index contributed by atoms with van der Waals surface area (Å²) in [5.74, 6) is 1.85. The number of likely N-dealkylation sites (tertiary alicyclic amines) is 1. The van der Waals surface area contributed by atoms with Crippen molar-refractivity contribution in [2.24, 2.45) is 5.92 Å². The zero-order valence-corrected chi connectivity index (χ0v) is 16.2. The average molecular weight is 372 g/mol. The fourth-order valence-corrected chi connectivity index (χ4v) is 3.59. The van der Waals surface area contributed by atoms with Gasteiger partial charge < -0.3 is 19.7 Å². The molecule has 146 valence electrons. The third-order valence-electron chi connectivity index (χ3n) is 4.97. The second-order valence-corrected chi connectivity index (χ2v) is 6.98. The van der Waals surface area contributed by atoms with Gasteiger partial charge in [-0.1, -0.05) is 6.92 Å². The van der Waals surface area contributed by atoms with Crippen molar-refractivity contribution in [1.82, 2.24) is 20.0 Å². The van der Waals surface area contributed by atoms with Crippen LogP contribution in [0.25, 0.3) is 0 Å². The van der Waals surface area contributed by atoms with Gasteiger partial charge in [-0.2, -0.15) is 5.10 Å². The molecule has 3 rings (SSSR count). The van der Waals surface area contributed by atoms with Gasteiger partial charge in [0, 0.05) is 37.6 Å². The highest BCUT2D eigenvalue weighted by molar-refractivity contribution is 5.75. The first-order valence-electron chi connectivity index (χ1n) is 9.36. The molecule has 2 atom stereocenters. The second kappa shape index (κ2) is 8.79. The number of amides is 2. The van der Waals surface area contributed by atoms with Gasteiger partial charge in [-0.15, -0.1) is 0 Å². The summed E-state index contributed by atoms with van der Waals surface area (Å²) in [6.07, 6.45) is 5.59. The first kappa shape index (κ1) is 19.1. The summed E-state index contributed by atoms with van der Waals surface area (Å²) < 4.78 is 12.8. The van der Waals surface area contributed by atoms with E-state index < -0.39 is 0 Å². The molecular weight excluding hydrogens is 344 g/mol. The monoisotopic (exact) mass is 372 g/mol. The van der Waals surface area contributed by atoms with Crippen LogP contribution in [0.2, 0.25) is 0 Å². The van der Waals surface area contributed by atoms with Crippen molar-refractivity contribution in [2.75, 3.05) is 27.3 Å². The molecule has 1 aliphatic heterocycles. The number of nitrogens with one attached hydrogen (secondary N) is 1. The number of aromatic nitrogens is 2. The zero-order chi connectivity index (χ0) is 19.2. The molecule has 7 nitrogen and oxygen atoms in total. The smallest absolute Gasteiger partial charge is 0.317 e. The Morgan fingerprint density at radius 1 is 1.37 bits per heavy atom. The standard InChI is InChI=1S/C20H28N4O3/c1-15(14-23-10-5-9-22-23)13-21-20(25)24-11-4-6-18(24)17-12-16(26-2)7-8-19(17)27-3/h5,7-10,12,15,18H,4,6,11,13-14H2,1-3H3,(H,21,25). The van der Waals surface area contributed by atoms with Crippen molar-refractivity contribution in [1.29, 1.82) is 0 Å². The highest BCUT2D eigenvalue weighted by Gasteiger charge is 2.32. The van der Waals surface area contributed by atoms with Crippen LogP contribution in [0.15, 0.2) is 36.7 Å². The van der Waals surface area contributed by atoms with Gasteiger partial charge in [0.15, 0.2) is 0 Å². The summed E-state index contributed by atoms with van der Waals surface area (Å²) in [6.45, 7) is 4.23. The average Bonchev–Trinajstić information content (AvgIpc) is 3.37. The quantitative estimate of drug-likeness (QED) is 0.811. The SMILES string of the molecule is COc1ccc(OC)c(C2CCCN2C(=O)NCC(C)Cn2cccn2)c1. The summed E-state index contributed by atoms with van der Waals surface area (Å²) in [5.41, 5.74) is 0.995. The Kier molecular flexibility index (Phi) is 6.21. The number of urea groups is 1. The molecule has 0 aliphatic carbocycles. The first-order chi connectivity index (χ1) is 13.1. The number of hydrogen-bond donors (Lipinski definition) is 1. The Morgan fingerprint density at radius 2 is 2.22 bits per heavy atom. The van der Waals surface area contributed by atoms with Crippen molar-refractivity contribution in [2.45, 2.75) is 32.4 Å². The lowest BCUT2D eigenvalue weighted by Crippen LogP contribution is -2.41. The van der Waals surface area contributed by atoms with E-state index in [0.29, 0.717) is 12.5 Å². The molecule has 0 spiro atoms. The summed E-state index contributed by atoms with van der Waals surface area (Å²) in [6, 6.07) is 7.61. The summed E-state index contributed by atoms with van der Waals surface area (Å²) in [7, 11) is 3.30. The largest absolute Gasteiger partial charge is 0.497 e. The molecular formula is C20H28N4O3. The van der Waals surface area contributed by atoms with Crippen molar-refractivity contribution in [3.05, 3.63) is 42.2 Å². The second-order valence-electron chi connectivity index (χ2n) is 6.98. The normalized spacial score (nSPS) is 17.6. The van der Waals surface area contributed by atoms with E-state index in [-0.39, 0.29) is 12.1 Å². The van der Waals surface area contributed by atoms with E-state index in [1.54, 1.807) is 20.4 Å². The minimum Gasteiger partial charge on any atom is -0.497 e. The lowest BCUT2D eigenvalue weighted by atomic mass is 10.0. The van der Waals surface area contributed by atoms with Crippen LogP contribution in [0.4, 0.5) is 4.79 Å². The molecule has 2 amide bonds. The van der Waals surface area contributed by atoms with Gasteiger partial charge in [0.05, 0.1) is 20.3 Å². The van der Waals surface area contributed by atoms with E-state index in [4.69, 9.17) is 9.47 Å². The van der Waals surface area contributed by atoms with Crippen LogP contribution in [0.3, 0.4) is 0 Å². The lowest BCUT2D eigenvalue weighted by molar-refractivity contribution is 0.189. The van der Waals surface area contributed by atoms with Gasteiger partial charge in [0.25, 0.3) is 0 Å². The predicted molar refractivity (Wildman–Crippen MR) is 103 cm³/mol. The molecule has 0 radical (unpaired) electrons. The number of hydrogen-bond acceptors (Lipinski definition) is 4. The summed E-state index contributed by atoms with van der Waals surface area (Å²) in [4.78, 5) is 14.7. The third-order valence-corrected chi connectivity index (χ3v) is 4.97. The van der Waals surface area contributed by atoms with Crippen LogP contribution in [0.5, 0.6) is 11.5 Å². The minimum absolute atomic E-state index is 0.00327. The Bertz CT molecular complexity index is 748. The molecule has 2 heterocycles. The molecule has 0 saturated carbocycles. The van der Waals surface area contributed by atoms with Crippen molar-refractivity contribution < 1.29 is 14.3 Å². The number of benzene rings is 1. The number of rotatable bonds is 7. The molecule has 1 aromatic heterocycles. The van der Waals surface area contributed by atoms with Crippen molar-refractivity contribution in [3.63, 3.8) is 0 Å². The molecule has 1 saturated heterocycles. The molecule has 7 heteroatoms. The number of nitrogens with zero attached hydrogens (tertiary/aromatic N) is 3. The van der Waals surface area contributed by atoms with E-state index >= 15 is 0 Å². The van der Waals surface area contributed by atoms with Crippen LogP contribution in [-0.4, -0.2) is 48.0 Å². The molecule has 2 unspecified atom stereocenters. The Hall–Kier alpha value is -2.70. The fourth-order valence-electron chi connectivity index (χ4n) is 3.59. The van der Waals surface area contributed by atoms with Crippen molar-refractivity contribution in [3.8, 4) is 11.5 Å². The van der Waals surface area contributed by atoms with Gasteiger partial charge in [0.1, 0.15) is 11.5 Å². The van der Waals surface area contributed by atoms with E-state index in [1.165, 1.54) is 0 Å². The maximum absolute atomic E-state index is 12.8. The van der Waals surface area contributed by atoms with Crippen LogP contribution in [0, 0.1) is 5.92 Å². The highest BCUT2D eigenvalue weighted by Crippen LogP contribution is 2.38. The van der Waals surface area contributed by atoms with Gasteiger partial charge in [-0.25, -0.2) is 4.79 Å². The predicted octanol–water partition coefficient (Wildman–Crippen LogP) is 3.08. The topological polar surface area (TPSA) is 68.6 Å². The van der Waals surface area contributed by atoms with Gasteiger partial charge in [-0.3, -0.25) is 4.68 Å². The van der Waals surface area contributed by atoms with Gasteiger partial charge in [0.2, 0.25) is 0 Å². The molecule has 27 heavy (non-hydrogen) atoms. The van der Waals surface area contributed by atoms with E-state index in [0.717, 1.165) is 43.0 Å². The number of ether oxygens (including phenoxy) is 2. The lowest BCUT2D eigenvalue weighted by Gasteiger charge is -2.27. The van der Waals surface area contributed by atoms with E-state index in [9.17, 15) is 4.79 Å². The molecule has 1 aromatic carbocycles. The Morgan fingerprint density at radius 3 is 2.93 bits per heavy atom. The Labute approximate surface area is 160 Å². The van der Waals surface area contributed by atoms with Crippen molar-refractivity contribution >= 4 is 6.03 Å². The molecule has 2 aromatic rings. The summed E-state index contributed by atoms with van der Waals surface area (Å²) >= 11 is 0. The molecule has 1 N–H and O–H groups in total. The number of carbonyl (C=O) groups is 1. The number of methoxy groups -OCH3 is 2. The maximum atomic E-state index is 12.8. The number of carbonyl (C=O) groups excluding carboxylic acids is 1.